The molecule has 0 aromatic heterocycles. The standard InChI is InChI=1S/C17H24FNO4/c1-12-4-3-5-14(15(12)18)16(17(20)21)19-8-6-13(7-9-19)23-11-10-22-2/h3-5,13,16H,6-11H2,1-2H3,(H,20,21)/t16-/m1/s1. The zero-order valence-corrected chi connectivity index (χ0v) is 13.6. The van der Waals surface area contributed by atoms with Crippen molar-refractivity contribution in [3.05, 3.63) is 35.1 Å². The number of halogens is 1. The molecule has 2 rings (SSSR count). The number of nitrogens with zero attached hydrogens (tertiary/aromatic N) is 1. The van der Waals surface area contributed by atoms with Gasteiger partial charge < -0.3 is 14.6 Å². The van der Waals surface area contributed by atoms with Crippen LogP contribution in [0.1, 0.15) is 30.0 Å². The molecule has 1 saturated heterocycles. The molecule has 0 radical (unpaired) electrons. The third-order valence-corrected chi connectivity index (χ3v) is 4.23. The maximum absolute atomic E-state index is 14.3. The van der Waals surface area contributed by atoms with Gasteiger partial charge in [-0.3, -0.25) is 9.69 Å². The van der Waals surface area contributed by atoms with Crippen LogP contribution in [0.5, 0.6) is 0 Å². The monoisotopic (exact) mass is 325 g/mol. The maximum atomic E-state index is 14.3. The van der Waals surface area contributed by atoms with Crippen LogP contribution in [0.2, 0.25) is 0 Å². The van der Waals surface area contributed by atoms with Crippen LogP contribution in [-0.2, 0) is 14.3 Å². The molecular weight excluding hydrogens is 301 g/mol. The third-order valence-electron chi connectivity index (χ3n) is 4.23. The molecule has 1 N–H and O–H groups in total. The van der Waals surface area contributed by atoms with E-state index in [9.17, 15) is 14.3 Å². The molecule has 5 nitrogen and oxygen atoms in total. The fourth-order valence-electron chi connectivity index (χ4n) is 2.97. The van der Waals surface area contributed by atoms with E-state index in [1.165, 1.54) is 0 Å². The summed E-state index contributed by atoms with van der Waals surface area (Å²) in [6.45, 7) is 3.88. The van der Waals surface area contributed by atoms with E-state index in [4.69, 9.17) is 9.47 Å². The lowest BCUT2D eigenvalue weighted by molar-refractivity contribution is -0.145. The predicted molar refractivity (Wildman–Crippen MR) is 83.9 cm³/mol. The van der Waals surface area contributed by atoms with Crippen LogP contribution in [-0.4, -0.2) is 55.5 Å². The van der Waals surface area contributed by atoms with Crippen molar-refractivity contribution >= 4 is 5.97 Å². The van der Waals surface area contributed by atoms with E-state index in [0.29, 0.717) is 31.9 Å². The number of aliphatic carboxylic acids is 1. The molecule has 1 atom stereocenters. The summed E-state index contributed by atoms with van der Waals surface area (Å²) < 4.78 is 25.0. The summed E-state index contributed by atoms with van der Waals surface area (Å²) in [5, 5.41) is 9.58. The van der Waals surface area contributed by atoms with Gasteiger partial charge in [0.05, 0.1) is 19.3 Å². The predicted octanol–water partition coefficient (Wildman–Crippen LogP) is 2.39. The Hall–Kier alpha value is -1.50. The first-order valence-corrected chi connectivity index (χ1v) is 7.87. The number of hydrogen-bond donors (Lipinski definition) is 1. The summed E-state index contributed by atoms with van der Waals surface area (Å²) in [7, 11) is 1.62. The summed E-state index contributed by atoms with van der Waals surface area (Å²) >= 11 is 0. The quantitative estimate of drug-likeness (QED) is 0.780. The molecule has 1 fully saturated rings. The topological polar surface area (TPSA) is 59.0 Å². The second-order valence-electron chi connectivity index (χ2n) is 5.82. The van der Waals surface area contributed by atoms with Crippen LogP contribution in [0.4, 0.5) is 4.39 Å². The molecule has 0 spiro atoms. The zero-order valence-electron chi connectivity index (χ0n) is 13.6. The van der Waals surface area contributed by atoms with E-state index in [0.717, 1.165) is 12.8 Å². The lowest BCUT2D eigenvalue weighted by atomic mass is 9.98. The number of ether oxygens (including phenoxy) is 2. The highest BCUT2D eigenvalue weighted by atomic mass is 19.1. The Morgan fingerprint density at radius 2 is 2.09 bits per heavy atom. The second-order valence-corrected chi connectivity index (χ2v) is 5.82. The van der Waals surface area contributed by atoms with Crippen LogP contribution in [0.25, 0.3) is 0 Å². The van der Waals surface area contributed by atoms with Gasteiger partial charge >= 0.3 is 5.97 Å². The Balaban J connectivity index is 2.03. The van der Waals surface area contributed by atoms with E-state index in [-0.39, 0.29) is 11.7 Å². The Kier molecular flexibility index (Phi) is 6.50. The highest BCUT2D eigenvalue weighted by molar-refractivity contribution is 5.75. The number of carboxylic acids is 1. The van der Waals surface area contributed by atoms with Gasteiger partial charge in [0, 0.05) is 25.8 Å². The smallest absolute Gasteiger partial charge is 0.325 e. The zero-order chi connectivity index (χ0) is 16.8. The summed E-state index contributed by atoms with van der Waals surface area (Å²) in [6, 6.07) is 3.95. The Morgan fingerprint density at radius 3 is 2.70 bits per heavy atom. The first-order valence-electron chi connectivity index (χ1n) is 7.87. The maximum Gasteiger partial charge on any atom is 0.325 e. The van der Waals surface area contributed by atoms with Crippen LogP contribution in [0.3, 0.4) is 0 Å². The van der Waals surface area contributed by atoms with Crippen molar-refractivity contribution in [1.82, 2.24) is 4.90 Å². The van der Waals surface area contributed by atoms with Gasteiger partial charge in [-0.1, -0.05) is 18.2 Å². The van der Waals surface area contributed by atoms with Gasteiger partial charge in [-0.05, 0) is 25.3 Å². The summed E-state index contributed by atoms with van der Waals surface area (Å²) in [5.74, 6) is -1.45. The number of hydrogen-bond acceptors (Lipinski definition) is 4. The van der Waals surface area contributed by atoms with Gasteiger partial charge in [-0.2, -0.15) is 0 Å². The molecule has 128 valence electrons. The minimum absolute atomic E-state index is 0.109. The molecule has 0 aliphatic carbocycles. The Bertz CT molecular complexity index is 529. The number of carbonyl (C=O) groups is 1. The van der Waals surface area contributed by atoms with Crippen molar-refractivity contribution < 1.29 is 23.8 Å². The van der Waals surface area contributed by atoms with Crippen LogP contribution in [0, 0.1) is 12.7 Å². The van der Waals surface area contributed by atoms with Crippen LogP contribution in [0.15, 0.2) is 18.2 Å². The molecule has 0 bridgehead atoms. The molecule has 1 aliphatic rings. The van der Waals surface area contributed by atoms with Gasteiger partial charge in [-0.25, -0.2) is 4.39 Å². The first kappa shape index (κ1) is 17.8. The SMILES string of the molecule is COCCOC1CCN([C@@H](C(=O)O)c2cccc(C)c2F)CC1. The number of likely N-dealkylation sites (tertiary alicyclic amines) is 1. The average molecular weight is 325 g/mol. The molecule has 0 unspecified atom stereocenters. The fraction of sp³-hybridized carbons (Fsp3) is 0.588. The van der Waals surface area contributed by atoms with Crippen LogP contribution < -0.4 is 0 Å². The fourth-order valence-corrected chi connectivity index (χ4v) is 2.97. The van der Waals surface area contributed by atoms with Crippen molar-refractivity contribution in [3.8, 4) is 0 Å². The Labute approximate surface area is 136 Å². The number of aryl methyl sites for hydroxylation is 1. The highest BCUT2D eigenvalue weighted by Crippen LogP contribution is 2.28. The normalized spacial score (nSPS) is 18.0. The van der Waals surface area contributed by atoms with Gasteiger partial charge in [0.2, 0.25) is 0 Å². The molecular formula is C17H24FNO4. The van der Waals surface area contributed by atoms with E-state index in [2.05, 4.69) is 0 Å². The molecule has 1 aromatic rings. The highest BCUT2D eigenvalue weighted by Gasteiger charge is 2.33. The van der Waals surface area contributed by atoms with Crippen molar-refractivity contribution in [3.63, 3.8) is 0 Å². The second kappa shape index (κ2) is 8.38. The molecule has 6 heteroatoms. The molecule has 1 heterocycles. The Morgan fingerprint density at radius 1 is 1.39 bits per heavy atom. The first-order chi connectivity index (χ1) is 11.0. The van der Waals surface area contributed by atoms with Crippen molar-refractivity contribution in [2.75, 3.05) is 33.4 Å². The molecule has 1 aliphatic heterocycles. The third kappa shape index (κ3) is 4.50. The molecule has 23 heavy (non-hydrogen) atoms. The largest absolute Gasteiger partial charge is 0.480 e. The van der Waals surface area contributed by atoms with Gasteiger partial charge in [0.15, 0.2) is 0 Å². The summed E-state index contributed by atoms with van der Waals surface area (Å²) in [4.78, 5) is 13.5. The summed E-state index contributed by atoms with van der Waals surface area (Å²) in [5.41, 5.74) is 0.697. The number of piperidine rings is 1. The lowest BCUT2D eigenvalue weighted by Crippen LogP contribution is -2.42. The van der Waals surface area contributed by atoms with E-state index < -0.39 is 17.8 Å². The number of benzene rings is 1. The van der Waals surface area contributed by atoms with Gasteiger partial charge in [0.1, 0.15) is 11.9 Å². The number of carboxylic acid groups (broad SMARTS) is 1. The van der Waals surface area contributed by atoms with Crippen LogP contribution >= 0.6 is 0 Å². The van der Waals surface area contributed by atoms with Gasteiger partial charge in [-0.15, -0.1) is 0 Å². The number of rotatable bonds is 7. The van der Waals surface area contributed by atoms with E-state index in [1.54, 1.807) is 32.2 Å². The summed E-state index contributed by atoms with van der Waals surface area (Å²) in [6.07, 6.45) is 1.58. The van der Waals surface area contributed by atoms with Gasteiger partial charge in [0.25, 0.3) is 0 Å². The lowest BCUT2D eigenvalue weighted by Gasteiger charge is -2.35. The van der Waals surface area contributed by atoms with Crippen molar-refractivity contribution in [1.29, 1.82) is 0 Å². The van der Waals surface area contributed by atoms with E-state index in [1.807, 2.05) is 4.90 Å². The average Bonchev–Trinajstić information content (AvgIpc) is 2.53. The van der Waals surface area contributed by atoms with E-state index >= 15 is 0 Å². The molecule has 0 saturated carbocycles. The van der Waals surface area contributed by atoms with Crippen molar-refractivity contribution in [2.24, 2.45) is 0 Å². The van der Waals surface area contributed by atoms with Crippen molar-refractivity contribution in [2.45, 2.75) is 31.9 Å². The molecule has 0 amide bonds. The molecule has 1 aromatic carbocycles. The minimum atomic E-state index is -1.02. The minimum Gasteiger partial charge on any atom is -0.480 e. The number of methoxy groups -OCH3 is 1.